The van der Waals surface area contributed by atoms with Gasteiger partial charge in [0, 0.05) is 5.69 Å². The average molecular weight is 322 g/mol. The van der Waals surface area contributed by atoms with Crippen LogP contribution in [0.3, 0.4) is 0 Å². The number of aliphatic carboxylic acids is 1. The van der Waals surface area contributed by atoms with Crippen molar-refractivity contribution in [3.63, 3.8) is 0 Å². The van der Waals surface area contributed by atoms with Crippen LogP contribution in [0.5, 0.6) is 5.75 Å². The van der Waals surface area contributed by atoms with Crippen LogP contribution in [0.15, 0.2) is 18.2 Å². The summed E-state index contributed by atoms with van der Waals surface area (Å²) in [6.07, 6.45) is -0.976. The third-order valence-corrected chi connectivity index (χ3v) is 3.34. The van der Waals surface area contributed by atoms with Crippen molar-refractivity contribution in [1.82, 2.24) is 0 Å². The number of amides is 1. The minimum absolute atomic E-state index is 0.385. The molecule has 0 saturated carbocycles. The first-order valence-corrected chi connectivity index (χ1v) is 7.43. The Morgan fingerprint density at radius 2 is 2.13 bits per heavy atom. The number of carboxylic acid groups (broad SMARTS) is 1. The third-order valence-electron chi connectivity index (χ3n) is 3.34. The number of rotatable bonds is 3. The number of hydrogen-bond acceptors (Lipinski definition) is 5. The van der Waals surface area contributed by atoms with Gasteiger partial charge in [-0.3, -0.25) is 10.1 Å². The van der Waals surface area contributed by atoms with Crippen LogP contribution in [0.4, 0.5) is 16.2 Å². The lowest BCUT2D eigenvalue weighted by atomic mass is 10.0. The van der Waals surface area contributed by atoms with Gasteiger partial charge in [-0.15, -0.1) is 0 Å². The Kier molecular flexibility index (Phi) is 4.68. The molecule has 23 heavy (non-hydrogen) atoms. The molecule has 0 saturated heterocycles. The summed E-state index contributed by atoms with van der Waals surface area (Å²) in [5.74, 6) is -0.956. The van der Waals surface area contributed by atoms with Crippen molar-refractivity contribution < 1.29 is 24.2 Å². The largest absolute Gasteiger partial charge is 0.486 e. The smallest absolute Gasteiger partial charge is 0.412 e. The second kappa shape index (κ2) is 6.36. The number of carbonyl (C=O) groups is 2. The molecule has 1 aromatic rings. The Morgan fingerprint density at radius 3 is 2.74 bits per heavy atom. The zero-order valence-electron chi connectivity index (χ0n) is 13.7. The Morgan fingerprint density at radius 1 is 1.43 bits per heavy atom. The first-order chi connectivity index (χ1) is 10.7. The fraction of sp³-hybridized carbons (Fsp3) is 0.500. The van der Waals surface area contributed by atoms with Gasteiger partial charge in [0.05, 0.1) is 18.2 Å². The average Bonchev–Trinajstić information content (AvgIpc) is 2.43. The van der Waals surface area contributed by atoms with Gasteiger partial charge in [-0.25, -0.2) is 4.79 Å². The van der Waals surface area contributed by atoms with Gasteiger partial charge >= 0.3 is 12.1 Å². The van der Waals surface area contributed by atoms with E-state index in [1.54, 1.807) is 45.9 Å². The quantitative estimate of drug-likeness (QED) is 0.791. The molecule has 2 rings (SSSR count). The summed E-state index contributed by atoms with van der Waals surface area (Å²) in [6.45, 7) is 7.37. The van der Waals surface area contributed by atoms with Crippen molar-refractivity contribution in [3.05, 3.63) is 18.2 Å². The Balaban J connectivity index is 2.04. The highest BCUT2D eigenvalue weighted by Gasteiger charge is 2.29. The highest BCUT2D eigenvalue weighted by molar-refractivity contribution is 5.86. The molecule has 0 aromatic heterocycles. The van der Waals surface area contributed by atoms with Crippen molar-refractivity contribution in [1.29, 1.82) is 0 Å². The van der Waals surface area contributed by atoms with Gasteiger partial charge in [-0.1, -0.05) is 0 Å². The van der Waals surface area contributed by atoms with Gasteiger partial charge in [0.15, 0.2) is 0 Å². The van der Waals surface area contributed by atoms with E-state index in [0.717, 1.165) is 0 Å². The molecule has 7 heteroatoms. The molecular formula is C16H22N2O5. The minimum Gasteiger partial charge on any atom is -0.486 e. The predicted octanol–water partition coefficient (Wildman–Crippen LogP) is 2.93. The van der Waals surface area contributed by atoms with Crippen LogP contribution in [0.25, 0.3) is 0 Å². The number of ether oxygens (including phenoxy) is 2. The summed E-state index contributed by atoms with van der Waals surface area (Å²) in [5.41, 5.74) is 0.700. The molecule has 0 fully saturated rings. The number of carboxylic acids is 1. The van der Waals surface area contributed by atoms with Crippen LogP contribution < -0.4 is 15.4 Å². The van der Waals surface area contributed by atoms with Crippen molar-refractivity contribution in [2.45, 2.75) is 39.4 Å². The lowest BCUT2D eigenvalue weighted by Crippen LogP contribution is -2.39. The maximum Gasteiger partial charge on any atom is 0.412 e. The number of anilines is 2. The summed E-state index contributed by atoms with van der Waals surface area (Å²) in [6, 6.07) is 5.09. The second-order valence-corrected chi connectivity index (χ2v) is 6.50. The Bertz CT molecular complexity index is 609. The Labute approximate surface area is 135 Å². The van der Waals surface area contributed by atoms with Crippen LogP contribution in [-0.2, 0) is 9.53 Å². The lowest BCUT2D eigenvalue weighted by Gasteiger charge is -2.30. The van der Waals surface area contributed by atoms with Crippen molar-refractivity contribution in [2.24, 2.45) is 5.92 Å². The normalized spacial score (nSPS) is 18.0. The molecule has 1 amide bonds. The van der Waals surface area contributed by atoms with Gasteiger partial charge in [0.25, 0.3) is 0 Å². The zero-order valence-corrected chi connectivity index (χ0v) is 13.7. The molecule has 0 bridgehead atoms. The van der Waals surface area contributed by atoms with Crippen LogP contribution in [0.1, 0.15) is 27.7 Å². The molecule has 0 aliphatic carbocycles. The van der Waals surface area contributed by atoms with Crippen LogP contribution >= 0.6 is 0 Å². The Hall–Kier alpha value is -2.44. The molecule has 2 unspecified atom stereocenters. The standard InChI is InChI=1S/C16H22N2O5/c1-9(14(19)20)13-8-17-11-7-10(5-6-12(11)22-13)18-15(21)23-16(2,3)4/h5-7,9,13,17H,8H2,1-4H3,(H,18,21)(H,19,20). The van der Waals surface area contributed by atoms with Gasteiger partial charge in [-0.2, -0.15) is 0 Å². The minimum atomic E-state index is -0.900. The first-order valence-electron chi connectivity index (χ1n) is 7.43. The molecule has 3 N–H and O–H groups in total. The van der Waals surface area contributed by atoms with E-state index in [1.807, 2.05) is 0 Å². The van der Waals surface area contributed by atoms with Crippen molar-refractivity contribution >= 4 is 23.4 Å². The van der Waals surface area contributed by atoms with E-state index in [4.69, 9.17) is 14.6 Å². The maximum absolute atomic E-state index is 11.8. The number of benzene rings is 1. The molecule has 1 heterocycles. The molecule has 7 nitrogen and oxygen atoms in total. The van der Waals surface area contributed by atoms with Crippen LogP contribution in [0.2, 0.25) is 0 Å². The second-order valence-electron chi connectivity index (χ2n) is 6.50. The SMILES string of the molecule is CC(C(=O)O)C1CNc2cc(NC(=O)OC(C)(C)C)ccc2O1. The highest BCUT2D eigenvalue weighted by atomic mass is 16.6. The van der Waals surface area contributed by atoms with Crippen molar-refractivity contribution in [3.8, 4) is 5.75 Å². The number of nitrogens with one attached hydrogen (secondary N) is 2. The fourth-order valence-electron chi connectivity index (χ4n) is 2.12. The van der Waals surface area contributed by atoms with Crippen LogP contribution in [0, 0.1) is 5.92 Å². The van der Waals surface area contributed by atoms with Crippen molar-refractivity contribution in [2.75, 3.05) is 17.2 Å². The molecule has 126 valence electrons. The van der Waals surface area contributed by atoms with Crippen LogP contribution in [-0.4, -0.2) is 35.4 Å². The molecule has 0 radical (unpaired) electrons. The summed E-state index contributed by atoms with van der Waals surface area (Å²) < 4.78 is 10.9. The number of hydrogen-bond donors (Lipinski definition) is 3. The highest BCUT2D eigenvalue weighted by Crippen LogP contribution is 2.33. The molecule has 1 aromatic carbocycles. The first kappa shape index (κ1) is 16.9. The molecule has 1 aliphatic rings. The monoisotopic (exact) mass is 322 g/mol. The van der Waals surface area contributed by atoms with E-state index < -0.39 is 29.7 Å². The summed E-state index contributed by atoms with van der Waals surface area (Å²) >= 11 is 0. The van der Waals surface area contributed by atoms with E-state index in [9.17, 15) is 9.59 Å². The molecular weight excluding hydrogens is 300 g/mol. The van der Waals surface area contributed by atoms with Gasteiger partial charge in [0.2, 0.25) is 0 Å². The number of carbonyl (C=O) groups excluding carboxylic acids is 1. The summed E-state index contributed by atoms with van der Waals surface area (Å²) in [5, 5.41) is 14.8. The van der Waals surface area contributed by atoms with Gasteiger partial charge in [-0.05, 0) is 45.9 Å². The predicted molar refractivity (Wildman–Crippen MR) is 86.0 cm³/mol. The topological polar surface area (TPSA) is 96.9 Å². The molecule has 2 atom stereocenters. The molecule has 0 spiro atoms. The van der Waals surface area contributed by atoms with E-state index in [1.165, 1.54) is 0 Å². The van der Waals surface area contributed by atoms with E-state index in [2.05, 4.69) is 10.6 Å². The van der Waals surface area contributed by atoms with Gasteiger partial charge in [0.1, 0.15) is 17.5 Å². The third kappa shape index (κ3) is 4.51. The zero-order chi connectivity index (χ0) is 17.2. The van der Waals surface area contributed by atoms with Gasteiger partial charge < -0.3 is 19.9 Å². The van der Waals surface area contributed by atoms with E-state index >= 15 is 0 Å². The summed E-state index contributed by atoms with van der Waals surface area (Å²) in [7, 11) is 0. The fourth-order valence-corrected chi connectivity index (χ4v) is 2.12. The lowest BCUT2D eigenvalue weighted by molar-refractivity contribution is -0.144. The molecule has 1 aliphatic heterocycles. The van der Waals surface area contributed by atoms with E-state index in [0.29, 0.717) is 23.7 Å². The van der Waals surface area contributed by atoms with E-state index in [-0.39, 0.29) is 0 Å². The number of fused-ring (bicyclic) bond motifs is 1. The summed E-state index contributed by atoms with van der Waals surface area (Å²) in [4.78, 5) is 22.8. The maximum atomic E-state index is 11.8.